The molecule has 0 spiro atoms. The van der Waals surface area contributed by atoms with Gasteiger partial charge in [-0.3, -0.25) is 4.90 Å². The number of pyridine rings is 1. The topological polar surface area (TPSA) is 53.6 Å². The molecule has 5 rings (SSSR count). The number of epoxide rings is 1. The number of nitrogens with one attached hydrogen (secondary N) is 1. The van der Waals surface area contributed by atoms with Crippen LogP contribution >= 0.6 is 11.3 Å². The molecule has 3 aromatic rings. The highest BCUT2D eigenvalue weighted by molar-refractivity contribution is 7.21. The Bertz CT molecular complexity index is 1010. The summed E-state index contributed by atoms with van der Waals surface area (Å²) in [6.45, 7) is 1.10. The molecule has 2 unspecified atom stereocenters. The van der Waals surface area contributed by atoms with Crippen LogP contribution in [0.5, 0.6) is 0 Å². The third-order valence-electron chi connectivity index (χ3n) is 4.70. The Morgan fingerprint density at radius 1 is 1.15 bits per heavy atom. The summed E-state index contributed by atoms with van der Waals surface area (Å²) < 4.78 is 46.3. The molecule has 5 nitrogen and oxygen atoms in total. The third kappa shape index (κ3) is 3.26. The largest absolute Gasteiger partial charge is 0.341 e. The van der Waals surface area contributed by atoms with Crippen LogP contribution in [0.1, 0.15) is 6.42 Å². The summed E-state index contributed by atoms with van der Waals surface area (Å²) in [5.41, 5.74) is 1.03. The summed E-state index contributed by atoms with van der Waals surface area (Å²) >= 11 is 1.36. The molecule has 27 heavy (non-hydrogen) atoms. The van der Waals surface area contributed by atoms with Crippen molar-refractivity contribution in [3.63, 3.8) is 0 Å². The number of halogens is 3. The van der Waals surface area contributed by atoms with Crippen molar-refractivity contribution in [2.75, 3.05) is 18.4 Å². The zero-order valence-electron chi connectivity index (χ0n) is 14.0. The molecule has 0 saturated carbocycles. The van der Waals surface area contributed by atoms with Gasteiger partial charge in [-0.2, -0.15) is 0 Å². The molecular formula is C18H15F3N4OS. The standard InChI is InChI=1S/C18H15F3N4OS/c19-10-5-6-25(8-10)18-16(26-18)23-14-4-3-13-15(22-14)24-17(27-13)9-1-2-11(20)12(21)7-9/h1-4,7,10,16,18H,5-6,8H2,(H,22,23)/t10-,16?,18?/m0/s1. The van der Waals surface area contributed by atoms with Gasteiger partial charge in [-0.05, 0) is 36.8 Å². The first-order chi connectivity index (χ1) is 13.1. The van der Waals surface area contributed by atoms with Crippen molar-refractivity contribution in [3.8, 4) is 10.6 Å². The fraction of sp³-hybridized carbons (Fsp3) is 0.333. The molecule has 2 aliphatic heterocycles. The first kappa shape index (κ1) is 16.9. The van der Waals surface area contributed by atoms with Gasteiger partial charge in [-0.1, -0.05) is 0 Å². The summed E-state index contributed by atoms with van der Waals surface area (Å²) in [6.07, 6.45) is -0.586. The van der Waals surface area contributed by atoms with Crippen LogP contribution in [0.15, 0.2) is 30.3 Å². The molecule has 1 N–H and O–H groups in total. The zero-order valence-corrected chi connectivity index (χ0v) is 14.8. The first-order valence-electron chi connectivity index (χ1n) is 8.60. The molecule has 0 amide bonds. The van der Waals surface area contributed by atoms with Crippen LogP contribution in [-0.2, 0) is 4.74 Å². The van der Waals surface area contributed by atoms with Gasteiger partial charge in [0.05, 0.1) is 4.70 Å². The van der Waals surface area contributed by atoms with E-state index >= 15 is 0 Å². The maximum Gasteiger partial charge on any atom is 0.173 e. The van der Waals surface area contributed by atoms with Crippen LogP contribution in [0.4, 0.5) is 19.0 Å². The van der Waals surface area contributed by atoms with Crippen LogP contribution in [0.3, 0.4) is 0 Å². The maximum atomic E-state index is 13.5. The van der Waals surface area contributed by atoms with E-state index in [0.717, 1.165) is 16.8 Å². The quantitative estimate of drug-likeness (QED) is 0.685. The first-order valence-corrected chi connectivity index (χ1v) is 9.41. The van der Waals surface area contributed by atoms with Crippen molar-refractivity contribution in [1.82, 2.24) is 14.9 Å². The number of rotatable bonds is 4. The molecule has 4 heterocycles. The molecule has 2 saturated heterocycles. The fourth-order valence-corrected chi connectivity index (χ4v) is 4.16. The van der Waals surface area contributed by atoms with Crippen molar-refractivity contribution in [3.05, 3.63) is 42.0 Å². The number of alkyl halides is 1. The van der Waals surface area contributed by atoms with Gasteiger partial charge >= 0.3 is 0 Å². The van der Waals surface area contributed by atoms with Gasteiger partial charge in [-0.15, -0.1) is 11.3 Å². The van der Waals surface area contributed by atoms with E-state index in [2.05, 4.69) is 15.3 Å². The van der Waals surface area contributed by atoms with Crippen LogP contribution in [0.25, 0.3) is 20.9 Å². The average molecular weight is 392 g/mol. The summed E-state index contributed by atoms with van der Waals surface area (Å²) in [4.78, 5) is 10.9. The van der Waals surface area contributed by atoms with Crippen LogP contribution < -0.4 is 5.32 Å². The van der Waals surface area contributed by atoms with E-state index in [1.54, 1.807) is 0 Å². The van der Waals surface area contributed by atoms with E-state index in [1.165, 1.54) is 17.4 Å². The monoisotopic (exact) mass is 392 g/mol. The normalized spacial score (nSPS) is 25.2. The number of hydrogen-bond donors (Lipinski definition) is 1. The zero-order chi connectivity index (χ0) is 18.5. The molecule has 3 atom stereocenters. The molecule has 2 aromatic heterocycles. The van der Waals surface area contributed by atoms with E-state index in [9.17, 15) is 13.2 Å². The van der Waals surface area contributed by atoms with Crippen molar-refractivity contribution < 1.29 is 17.9 Å². The number of benzene rings is 1. The Kier molecular flexibility index (Phi) is 4.03. The van der Waals surface area contributed by atoms with Crippen LogP contribution in [0, 0.1) is 11.6 Å². The Balaban J connectivity index is 1.33. The number of thiazole rings is 1. The Labute approximate surface area is 156 Å². The van der Waals surface area contributed by atoms with Gasteiger partial charge in [-0.25, -0.2) is 23.1 Å². The van der Waals surface area contributed by atoms with Gasteiger partial charge in [0.25, 0.3) is 0 Å². The van der Waals surface area contributed by atoms with Gasteiger partial charge in [0.1, 0.15) is 17.0 Å². The highest BCUT2D eigenvalue weighted by Gasteiger charge is 2.46. The molecule has 0 aliphatic carbocycles. The number of aromatic nitrogens is 2. The Hall–Kier alpha value is -2.23. The van der Waals surface area contributed by atoms with Gasteiger partial charge in [0, 0.05) is 18.7 Å². The third-order valence-corrected chi connectivity index (χ3v) is 5.76. The highest BCUT2D eigenvalue weighted by atomic mass is 32.1. The van der Waals surface area contributed by atoms with Crippen molar-refractivity contribution >= 4 is 27.5 Å². The van der Waals surface area contributed by atoms with Crippen LogP contribution in [0.2, 0.25) is 0 Å². The lowest BCUT2D eigenvalue weighted by atomic mass is 10.2. The van der Waals surface area contributed by atoms with E-state index in [4.69, 9.17) is 4.74 Å². The SMILES string of the molecule is Fc1ccc(-c2nc3nc(NC4OC4N4CC[C@H](F)C4)ccc3s2)cc1F. The van der Waals surface area contributed by atoms with Crippen molar-refractivity contribution in [1.29, 1.82) is 0 Å². The van der Waals surface area contributed by atoms with E-state index in [0.29, 0.717) is 41.5 Å². The number of nitrogens with zero attached hydrogens (tertiary/aromatic N) is 3. The molecule has 140 valence electrons. The highest BCUT2D eigenvalue weighted by Crippen LogP contribution is 2.33. The number of hydrogen-bond acceptors (Lipinski definition) is 6. The summed E-state index contributed by atoms with van der Waals surface area (Å²) in [5.74, 6) is -1.19. The van der Waals surface area contributed by atoms with Crippen molar-refractivity contribution in [2.45, 2.75) is 25.0 Å². The molecule has 0 bridgehead atoms. The lowest BCUT2D eigenvalue weighted by Gasteiger charge is -2.10. The second kappa shape index (κ2) is 6.43. The minimum Gasteiger partial charge on any atom is -0.341 e. The molecular weight excluding hydrogens is 377 g/mol. The molecule has 9 heteroatoms. The lowest BCUT2D eigenvalue weighted by molar-refractivity contribution is 0.196. The number of fused-ring (bicyclic) bond motifs is 1. The molecule has 2 fully saturated rings. The second-order valence-electron chi connectivity index (χ2n) is 6.64. The van der Waals surface area contributed by atoms with E-state index < -0.39 is 17.8 Å². The predicted octanol–water partition coefficient (Wildman–Crippen LogP) is 3.77. The number of likely N-dealkylation sites (tertiary alicyclic amines) is 1. The Morgan fingerprint density at radius 3 is 2.81 bits per heavy atom. The number of anilines is 1. The van der Waals surface area contributed by atoms with Gasteiger partial charge in [0.2, 0.25) is 0 Å². The summed E-state index contributed by atoms with van der Waals surface area (Å²) in [5, 5.41) is 3.74. The Morgan fingerprint density at radius 2 is 2.04 bits per heavy atom. The van der Waals surface area contributed by atoms with Crippen LogP contribution in [-0.4, -0.2) is 46.6 Å². The minimum absolute atomic E-state index is 0.128. The van der Waals surface area contributed by atoms with Crippen molar-refractivity contribution in [2.24, 2.45) is 0 Å². The smallest absolute Gasteiger partial charge is 0.173 e. The predicted molar refractivity (Wildman–Crippen MR) is 96.1 cm³/mol. The molecule has 2 aliphatic rings. The maximum absolute atomic E-state index is 13.5. The molecule has 1 aromatic carbocycles. The van der Waals surface area contributed by atoms with E-state index in [-0.39, 0.29) is 12.5 Å². The number of ether oxygens (including phenoxy) is 1. The van der Waals surface area contributed by atoms with Gasteiger partial charge < -0.3 is 10.1 Å². The van der Waals surface area contributed by atoms with E-state index in [1.807, 2.05) is 17.0 Å². The summed E-state index contributed by atoms with van der Waals surface area (Å²) in [7, 11) is 0. The second-order valence-corrected chi connectivity index (χ2v) is 7.67. The summed E-state index contributed by atoms with van der Waals surface area (Å²) in [6, 6.07) is 7.39. The lowest BCUT2D eigenvalue weighted by Crippen LogP contribution is -2.28. The fourth-order valence-electron chi connectivity index (χ4n) is 3.26. The average Bonchev–Trinajstić information content (AvgIpc) is 3.07. The minimum atomic E-state index is -0.906. The molecule has 0 radical (unpaired) electrons. The van der Waals surface area contributed by atoms with Gasteiger partial charge in [0.15, 0.2) is 29.7 Å².